The second-order valence-electron chi connectivity index (χ2n) is 5.03. The van der Waals surface area contributed by atoms with Gasteiger partial charge in [0.1, 0.15) is 0 Å². The van der Waals surface area contributed by atoms with Crippen LogP contribution in [0.15, 0.2) is 0 Å². The lowest BCUT2D eigenvalue weighted by Gasteiger charge is -2.06. The Hall–Kier alpha value is -0.650. The van der Waals surface area contributed by atoms with Gasteiger partial charge < -0.3 is 11.1 Å². The molecule has 0 radical (unpaired) electrons. The van der Waals surface area contributed by atoms with Gasteiger partial charge in [0.15, 0.2) is 0 Å². The fourth-order valence-corrected chi connectivity index (χ4v) is 3.53. The zero-order valence-corrected chi connectivity index (χ0v) is 13.5. The van der Waals surface area contributed by atoms with Gasteiger partial charge in [0.2, 0.25) is 5.91 Å². The molecule has 1 aromatic heterocycles. The number of nitrogens with one attached hydrogen (secondary N) is 1. The molecule has 0 atom stereocenters. The van der Waals surface area contributed by atoms with Crippen LogP contribution in [0.5, 0.6) is 0 Å². The van der Waals surface area contributed by atoms with Crippen LogP contribution in [0.2, 0.25) is 0 Å². The van der Waals surface area contributed by atoms with Gasteiger partial charge in [-0.2, -0.15) is 0 Å². The number of rotatable bonds is 7. The topological polar surface area (TPSA) is 68.0 Å². The number of hydrogen-bond donors (Lipinski definition) is 2. The zero-order valence-electron chi connectivity index (χ0n) is 11.8. The predicted molar refractivity (Wildman–Crippen MR) is 85.6 cm³/mol. The van der Waals surface area contributed by atoms with E-state index < -0.39 is 0 Å². The number of carbonyl (C=O) groups is 1. The minimum absolute atomic E-state index is 0. The molecule has 0 unspecified atom stereocenters. The Morgan fingerprint density at radius 2 is 2.10 bits per heavy atom. The molecule has 1 heterocycles. The number of amides is 1. The highest BCUT2D eigenvalue weighted by Gasteiger charge is 2.14. The third-order valence-electron chi connectivity index (χ3n) is 3.39. The number of nitrogens with two attached hydrogens (primary N) is 1. The lowest BCUT2D eigenvalue weighted by atomic mass is 10.0. The summed E-state index contributed by atoms with van der Waals surface area (Å²) in [7, 11) is 0. The van der Waals surface area contributed by atoms with Crippen LogP contribution in [0, 0.1) is 0 Å². The second-order valence-corrected chi connectivity index (χ2v) is 6.20. The summed E-state index contributed by atoms with van der Waals surface area (Å²) in [5.74, 6) is 0.115. The molecule has 0 spiro atoms. The number of thiazole rings is 1. The van der Waals surface area contributed by atoms with Gasteiger partial charge in [-0.05, 0) is 45.1 Å². The molecular weight excluding hydrogens is 294 g/mol. The van der Waals surface area contributed by atoms with Gasteiger partial charge in [-0.15, -0.1) is 23.7 Å². The SMILES string of the molecule is Cl.NCCCC(=O)NCCCc1nc2c(s1)CCCC2. The maximum atomic E-state index is 11.4. The van der Waals surface area contributed by atoms with Crippen molar-refractivity contribution in [2.24, 2.45) is 5.73 Å². The highest BCUT2D eigenvalue weighted by molar-refractivity contribution is 7.11. The summed E-state index contributed by atoms with van der Waals surface area (Å²) in [6, 6.07) is 0. The molecule has 114 valence electrons. The number of aromatic nitrogens is 1. The third-order valence-corrected chi connectivity index (χ3v) is 4.60. The Labute approximate surface area is 131 Å². The predicted octanol–water partition coefficient (Wildman–Crippen LogP) is 2.23. The number of fused-ring (bicyclic) bond motifs is 1. The van der Waals surface area contributed by atoms with Crippen LogP contribution in [0.3, 0.4) is 0 Å². The van der Waals surface area contributed by atoms with E-state index in [2.05, 4.69) is 5.32 Å². The summed E-state index contributed by atoms with van der Waals surface area (Å²) in [6.45, 7) is 1.33. The highest BCUT2D eigenvalue weighted by Crippen LogP contribution is 2.27. The summed E-state index contributed by atoms with van der Waals surface area (Å²) >= 11 is 1.87. The van der Waals surface area contributed by atoms with Crippen molar-refractivity contribution in [3.8, 4) is 0 Å². The largest absolute Gasteiger partial charge is 0.356 e. The lowest BCUT2D eigenvalue weighted by Crippen LogP contribution is -2.25. The van der Waals surface area contributed by atoms with Crippen molar-refractivity contribution in [2.45, 2.75) is 51.4 Å². The minimum atomic E-state index is 0. The molecule has 0 saturated heterocycles. The van der Waals surface area contributed by atoms with E-state index in [-0.39, 0.29) is 18.3 Å². The van der Waals surface area contributed by atoms with E-state index in [9.17, 15) is 4.79 Å². The van der Waals surface area contributed by atoms with E-state index in [0.29, 0.717) is 13.0 Å². The molecular formula is C14H24ClN3OS. The Morgan fingerprint density at radius 1 is 1.30 bits per heavy atom. The summed E-state index contributed by atoms with van der Waals surface area (Å²) < 4.78 is 0. The first-order chi connectivity index (χ1) is 9.29. The third kappa shape index (κ3) is 5.38. The van der Waals surface area contributed by atoms with Crippen molar-refractivity contribution >= 4 is 29.7 Å². The van der Waals surface area contributed by atoms with Gasteiger partial charge in [0.25, 0.3) is 0 Å². The molecule has 0 aliphatic heterocycles. The van der Waals surface area contributed by atoms with E-state index >= 15 is 0 Å². The number of aryl methyl sites for hydroxylation is 3. The Morgan fingerprint density at radius 3 is 2.85 bits per heavy atom. The number of hydrogen-bond acceptors (Lipinski definition) is 4. The lowest BCUT2D eigenvalue weighted by molar-refractivity contribution is -0.121. The molecule has 1 aliphatic rings. The summed E-state index contributed by atoms with van der Waals surface area (Å²) in [6.07, 6.45) is 8.23. The first-order valence-electron chi connectivity index (χ1n) is 7.24. The molecule has 3 N–H and O–H groups in total. The van der Waals surface area contributed by atoms with Crippen LogP contribution in [0.1, 0.15) is 47.7 Å². The molecule has 0 saturated carbocycles. The maximum absolute atomic E-state index is 11.4. The van der Waals surface area contributed by atoms with Crippen LogP contribution in [0.4, 0.5) is 0 Å². The molecule has 4 nitrogen and oxygen atoms in total. The molecule has 2 rings (SSSR count). The number of carbonyl (C=O) groups excluding carboxylic acids is 1. The van der Waals surface area contributed by atoms with Gasteiger partial charge in [-0.3, -0.25) is 4.79 Å². The van der Waals surface area contributed by atoms with Crippen molar-refractivity contribution in [1.82, 2.24) is 10.3 Å². The average Bonchev–Trinajstić information content (AvgIpc) is 2.84. The first kappa shape index (κ1) is 17.4. The molecule has 20 heavy (non-hydrogen) atoms. The van der Waals surface area contributed by atoms with Crippen LogP contribution in [-0.4, -0.2) is 24.0 Å². The fourth-order valence-electron chi connectivity index (χ4n) is 2.33. The summed E-state index contributed by atoms with van der Waals surface area (Å²) in [4.78, 5) is 17.6. The average molecular weight is 318 g/mol. The Balaban J connectivity index is 0.00000200. The van der Waals surface area contributed by atoms with Crippen molar-refractivity contribution < 1.29 is 4.79 Å². The van der Waals surface area contributed by atoms with Gasteiger partial charge in [0, 0.05) is 24.3 Å². The minimum Gasteiger partial charge on any atom is -0.356 e. The van der Waals surface area contributed by atoms with E-state index in [1.807, 2.05) is 11.3 Å². The normalized spacial score (nSPS) is 13.4. The van der Waals surface area contributed by atoms with Crippen molar-refractivity contribution in [2.75, 3.05) is 13.1 Å². The second kappa shape index (κ2) is 9.32. The standard InChI is InChI=1S/C14H23N3OS.ClH/c15-9-3-7-13(18)16-10-4-8-14-17-11-5-1-2-6-12(11)19-14;/h1-10,15H2,(H,16,18);1H. The van der Waals surface area contributed by atoms with E-state index in [4.69, 9.17) is 10.7 Å². The highest BCUT2D eigenvalue weighted by atomic mass is 35.5. The molecule has 1 aliphatic carbocycles. The van der Waals surface area contributed by atoms with Gasteiger partial charge >= 0.3 is 0 Å². The monoisotopic (exact) mass is 317 g/mol. The number of halogens is 1. The molecule has 1 amide bonds. The van der Waals surface area contributed by atoms with Crippen LogP contribution < -0.4 is 11.1 Å². The number of nitrogens with zero attached hydrogens (tertiary/aromatic N) is 1. The smallest absolute Gasteiger partial charge is 0.220 e. The first-order valence-corrected chi connectivity index (χ1v) is 8.05. The Kier molecular flexibility index (Phi) is 8.11. The maximum Gasteiger partial charge on any atom is 0.220 e. The van der Waals surface area contributed by atoms with Crippen LogP contribution in [0.25, 0.3) is 0 Å². The van der Waals surface area contributed by atoms with Gasteiger partial charge in [0.05, 0.1) is 10.7 Å². The molecule has 0 bridgehead atoms. The van der Waals surface area contributed by atoms with Crippen LogP contribution in [-0.2, 0) is 24.1 Å². The Bertz CT molecular complexity index is 399. The summed E-state index contributed by atoms with van der Waals surface area (Å²) in [5, 5.41) is 4.17. The molecule has 1 aromatic rings. The van der Waals surface area contributed by atoms with Gasteiger partial charge in [-0.1, -0.05) is 0 Å². The van der Waals surface area contributed by atoms with Gasteiger partial charge in [-0.25, -0.2) is 4.98 Å². The van der Waals surface area contributed by atoms with Crippen molar-refractivity contribution in [3.05, 3.63) is 15.6 Å². The van der Waals surface area contributed by atoms with Crippen LogP contribution >= 0.6 is 23.7 Å². The van der Waals surface area contributed by atoms with E-state index in [0.717, 1.165) is 32.2 Å². The van der Waals surface area contributed by atoms with E-state index in [1.165, 1.54) is 34.8 Å². The molecule has 6 heteroatoms. The zero-order chi connectivity index (χ0) is 13.5. The van der Waals surface area contributed by atoms with E-state index in [1.54, 1.807) is 0 Å². The molecule has 0 fully saturated rings. The molecule has 0 aromatic carbocycles. The van der Waals surface area contributed by atoms with Crippen molar-refractivity contribution in [1.29, 1.82) is 0 Å². The fraction of sp³-hybridized carbons (Fsp3) is 0.714. The quantitative estimate of drug-likeness (QED) is 0.758. The van der Waals surface area contributed by atoms with Crippen molar-refractivity contribution in [3.63, 3.8) is 0 Å². The summed E-state index contributed by atoms with van der Waals surface area (Å²) in [5.41, 5.74) is 6.70.